The molecule has 0 radical (unpaired) electrons. The minimum absolute atomic E-state index is 0.298. The number of hydrogen-bond acceptors (Lipinski definition) is 4. The van der Waals surface area contributed by atoms with Gasteiger partial charge in [-0.1, -0.05) is 13.3 Å². The second-order valence-electron chi connectivity index (χ2n) is 6.76. The molecule has 0 amide bonds. The molecule has 0 aromatic heterocycles. The van der Waals surface area contributed by atoms with Gasteiger partial charge in [-0.05, 0) is 49.9 Å². The van der Waals surface area contributed by atoms with E-state index in [1.807, 2.05) is 0 Å². The van der Waals surface area contributed by atoms with Gasteiger partial charge >= 0.3 is 11.9 Å². The first kappa shape index (κ1) is 14.6. The van der Waals surface area contributed by atoms with Crippen molar-refractivity contribution in [3.05, 3.63) is 12.2 Å². The van der Waals surface area contributed by atoms with Gasteiger partial charge in [-0.3, -0.25) is 0 Å². The molecule has 0 saturated heterocycles. The molecule has 2 bridgehead atoms. The van der Waals surface area contributed by atoms with Crippen LogP contribution in [-0.2, 0) is 19.1 Å². The molecule has 0 N–H and O–H groups in total. The van der Waals surface area contributed by atoms with E-state index in [2.05, 4.69) is 11.7 Å². The summed E-state index contributed by atoms with van der Waals surface area (Å²) in [6.45, 7) is 2.11. The van der Waals surface area contributed by atoms with E-state index in [4.69, 9.17) is 4.74 Å². The minimum atomic E-state index is -0.527. The highest BCUT2D eigenvalue weighted by molar-refractivity contribution is 5.91. The molecule has 3 aliphatic rings. The summed E-state index contributed by atoms with van der Waals surface area (Å²) in [6.07, 6.45) is 9.42. The van der Waals surface area contributed by atoms with Crippen molar-refractivity contribution in [2.24, 2.45) is 23.7 Å². The highest BCUT2D eigenvalue weighted by Gasteiger charge is 2.61. The van der Waals surface area contributed by atoms with Gasteiger partial charge < -0.3 is 9.47 Å². The SMILES string of the molecule is CCC1(OC(=O)C=CC(=O)OC)CC2CC1C1CCCC21. The van der Waals surface area contributed by atoms with Crippen molar-refractivity contribution in [1.29, 1.82) is 0 Å². The minimum Gasteiger partial charge on any atom is -0.466 e. The molecule has 0 spiro atoms. The lowest BCUT2D eigenvalue weighted by atomic mass is 9.71. The molecule has 3 aliphatic carbocycles. The van der Waals surface area contributed by atoms with Crippen LogP contribution in [0.3, 0.4) is 0 Å². The van der Waals surface area contributed by atoms with Gasteiger partial charge in [0.2, 0.25) is 0 Å². The first-order valence-corrected chi connectivity index (χ1v) is 8.08. The van der Waals surface area contributed by atoms with Gasteiger partial charge in [0.15, 0.2) is 0 Å². The molecule has 5 atom stereocenters. The third-order valence-electron chi connectivity index (χ3n) is 6.05. The Morgan fingerprint density at radius 1 is 1.19 bits per heavy atom. The molecular weight excluding hydrogens is 268 g/mol. The first-order valence-electron chi connectivity index (χ1n) is 8.08. The molecule has 3 saturated carbocycles. The maximum Gasteiger partial charge on any atom is 0.331 e. The third-order valence-corrected chi connectivity index (χ3v) is 6.05. The predicted molar refractivity (Wildman–Crippen MR) is 77.3 cm³/mol. The van der Waals surface area contributed by atoms with Crippen LogP contribution in [0.5, 0.6) is 0 Å². The number of methoxy groups -OCH3 is 1. The average molecular weight is 292 g/mol. The lowest BCUT2D eigenvalue weighted by Gasteiger charge is -2.41. The van der Waals surface area contributed by atoms with Crippen molar-refractivity contribution in [2.45, 2.75) is 51.0 Å². The summed E-state index contributed by atoms with van der Waals surface area (Å²) in [5.41, 5.74) is -0.298. The highest BCUT2D eigenvalue weighted by Crippen LogP contribution is 2.64. The van der Waals surface area contributed by atoms with Crippen LogP contribution in [0.4, 0.5) is 0 Å². The Hall–Kier alpha value is -1.32. The van der Waals surface area contributed by atoms with Gasteiger partial charge in [0.05, 0.1) is 7.11 Å². The molecule has 3 fully saturated rings. The third kappa shape index (κ3) is 2.39. The molecule has 0 aliphatic heterocycles. The van der Waals surface area contributed by atoms with Crippen LogP contribution in [-0.4, -0.2) is 24.6 Å². The number of carbonyl (C=O) groups excluding carboxylic acids is 2. The second kappa shape index (κ2) is 5.47. The number of carbonyl (C=O) groups is 2. The number of rotatable bonds is 4. The largest absolute Gasteiger partial charge is 0.466 e. The summed E-state index contributed by atoms with van der Waals surface area (Å²) in [6, 6.07) is 0. The van der Waals surface area contributed by atoms with Gasteiger partial charge in [-0.2, -0.15) is 0 Å². The van der Waals surface area contributed by atoms with Crippen LogP contribution in [0.15, 0.2) is 12.2 Å². The standard InChI is InChI=1S/C17H24O4/c1-3-17(21-16(19)8-7-15(18)20-2)10-11-9-14(17)13-6-4-5-12(11)13/h7-8,11-14H,3-6,9-10H2,1-2H3. The molecule has 116 valence electrons. The van der Waals surface area contributed by atoms with Crippen molar-refractivity contribution >= 4 is 11.9 Å². The fraction of sp³-hybridized carbons (Fsp3) is 0.765. The Morgan fingerprint density at radius 2 is 1.90 bits per heavy atom. The molecule has 5 unspecified atom stereocenters. The van der Waals surface area contributed by atoms with E-state index in [-0.39, 0.29) is 5.60 Å². The molecule has 0 aromatic rings. The van der Waals surface area contributed by atoms with E-state index in [0.29, 0.717) is 5.92 Å². The summed E-state index contributed by atoms with van der Waals surface area (Å²) in [4.78, 5) is 23.1. The zero-order chi connectivity index (χ0) is 15.0. The van der Waals surface area contributed by atoms with Crippen molar-refractivity contribution < 1.29 is 19.1 Å². The maximum absolute atomic E-state index is 12.0. The first-order chi connectivity index (χ1) is 10.1. The Kier molecular flexibility index (Phi) is 3.80. The fourth-order valence-corrected chi connectivity index (χ4v) is 5.25. The molecule has 4 heteroatoms. The van der Waals surface area contributed by atoms with Crippen molar-refractivity contribution in [2.75, 3.05) is 7.11 Å². The van der Waals surface area contributed by atoms with Gasteiger partial charge in [-0.15, -0.1) is 0 Å². The van der Waals surface area contributed by atoms with Gasteiger partial charge in [-0.25, -0.2) is 9.59 Å². The van der Waals surface area contributed by atoms with Crippen LogP contribution in [0.1, 0.15) is 45.4 Å². The Bertz CT molecular complexity index is 469. The van der Waals surface area contributed by atoms with E-state index in [1.165, 1.54) is 38.9 Å². The predicted octanol–water partition coefficient (Wildman–Crippen LogP) is 2.86. The van der Waals surface area contributed by atoms with Crippen LogP contribution in [0.2, 0.25) is 0 Å². The number of esters is 2. The van der Waals surface area contributed by atoms with Gasteiger partial charge in [0.1, 0.15) is 5.60 Å². The molecular formula is C17H24O4. The number of fused-ring (bicyclic) bond motifs is 5. The van der Waals surface area contributed by atoms with Crippen molar-refractivity contribution in [3.63, 3.8) is 0 Å². The summed E-state index contributed by atoms with van der Waals surface area (Å²) in [5, 5.41) is 0. The lowest BCUT2D eigenvalue weighted by Crippen LogP contribution is -2.44. The Balaban J connectivity index is 1.70. The van der Waals surface area contributed by atoms with E-state index < -0.39 is 11.9 Å². The molecule has 21 heavy (non-hydrogen) atoms. The van der Waals surface area contributed by atoms with Crippen molar-refractivity contribution in [3.8, 4) is 0 Å². The zero-order valence-electron chi connectivity index (χ0n) is 12.8. The molecule has 4 nitrogen and oxygen atoms in total. The normalized spacial score (nSPS) is 40.5. The average Bonchev–Trinajstić information content (AvgIpc) is 3.15. The van der Waals surface area contributed by atoms with Crippen LogP contribution in [0.25, 0.3) is 0 Å². The fourth-order valence-electron chi connectivity index (χ4n) is 5.25. The van der Waals surface area contributed by atoms with Crippen LogP contribution in [0, 0.1) is 23.7 Å². The maximum atomic E-state index is 12.0. The summed E-state index contributed by atoms with van der Waals surface area (Å²) >= 11 is 0. The van der Waals surface area contributed by atoms with Crippen molar-refractivity contribution in [1.82, 2.24) is 0 Å². The van der Waals surface area contributed by atoms with Crippen LogP contribution >= 0.6 is 0 Å². The topological polar surface area (TPSA) is 52.6 Å². The summed E-state index contributed by atoms with van der Waals surface area (Å²) in [7, 11) is 1.29. The monoisotopic (exact) mass is 292 g/mol. The lowest BCUT2D eigenvalue weighted by molar-refractivity contribution is -0.164. The van der Waals surface area contributed by atoms with E-state index in [1.54, 1.807) is 0 Å². The van der Waals surface area contributed by atoms with E-state index >= 15 is 0 Å². The second-order valence-corrected chi connectivity index (χ2v) is 6.76. The summed E-state index contributed by atoms with van der Waals surface area (Å²) in [5.74, 6) is 1.95. The smallest absolute Gasteiger partial charge is 0.331 e. The molecule has 0 heterocycles. The van der Waals surface area contributed by atoms with Gasteiger partial charge in [0.25, 0.3) is 0 Å². The molecule has 0 aromatic carbocycles. The zero-order valence-corrected chi connectivity index (χ0v) is 12.8. The number of ether oxygens (including phenoxy) is 2. The van der Waals surface area contributed by atoms with Gasteiger partial charge in [0, 0.05) is 18.1 Å². The quantitative estimate of drug-likeness (QED) is 0.590. The number of hydrogen-bond donors (Lipinski definition) is 0. The summed E-state index contributed by atoms with van der Waals surface area (Å²) < 4.78 is 10.3. The molecule has 3 rings (SSSR count). The Morgan fingerprint density at radius 3 is 2.62 bits per heavy atom. The van der Waals surface area contributed by atoms with E-state index in [0.717, 1.165) is 36.7 Å². The Labute approximate surface area is 125 Å². The van der Waals surface area contributed by atoms with Crippen LogP contribution < -0.4 is 0 Å². The highest BCUT2D eigenvalue weighted by atomic mass is 16.6. The van der Waals surface area contributed by atoms with E-state index in [9.17, 15) is 9.59 Å².